The Labute approximate surface area is 150 Å². The fraction of sp³-hybridized carbons (Fsp3) is 0.200. The molecule has 6 nitrogen and oxygen atoms in total. The van der Waals surface area contributed by atoms with Gasteiger partial charge in [0.05, 0.1) is 20.4 Å². The van der Waals surface area contributed by atoms with Gasteiger partial charge in [-0.2, -0.15) is 0 Å². The van der Waals surface area contributed by atoms with Crippen molar-refractivity contribution in [3.63, 3.8) is 0 Å². The zero-order chi connectivity index (χ0) is 18.1. The van der Waals surface area contributed by atoms with Crippen molar-refractivity contribution in [2.24, 2.45) is 0 Å². The predicted molar refractivity (Wildman–Crippen MR) is 96.9 cm³/mol. The first-order valence-corrected chi connectivity index (χ1v) is 8.28. The number of amides is 1. The number of carbonyl (C=O) groups excluding carboxylic acids is 1. The molecule has 0 bridgehead atoms. The highest BCUT2D eigenvalue weighted by atomic mass is 16.5. The van der Waals surface area contributed by atoms with Gasteiger partial charge in [0.2, 0.25) is 0 Å². The van der Waals surface area contributed by atoms with E-state index in [0.717, 1.165) is 29.0 Å². The average Bonchev–Trinajstić information content (AvgIpc) is 3.36. The number of ether oxygens (including phenoxy) is 2. The Morgan fingerprint density at radius 3 is 2.50 bits per heavy atom. The van der Waals surface area contributed by atoms with Crippen molar-refractivity contribution in [2.75, 3.05) is 25.7 Å². The molecule has 2 aromatic carbocycles. The molecule has 0 atom stereocenters. The van der Waals surface area contributed by atoms with E-state index in [4.69, 9.17) is 14.0 Å². The summed E-state index contributed by atoms with van der Waals surface area (Å²) in [6, 6.07) is 13.0. The summed E-state index contributed by atoms with van der Waals surface area (Å²) in [7, 11) is 3.14. The van der Waals surface area contributed by atoms with Crippen molar-refractivity contribution >= 4 is 11.6 Å². The number of nitrogens with zero attached hydrogens (tertiary/aromatic N) is 2. The number of fused-ring (bicyclic) bond motifs is 1. The van der Waals surface area contributed by atoms with E-state index in [2.05, 4.69) is 11.2 Å². The van der Waals surface area contributed by atoms with Gasteiger partial charge in [0.15, 0.2) is 5.76 Å². The van der Waals surface area contributed by atoms with Crippen molar-refractivity contribution in [1.82, 2.24) is 5.16 Å². The summed E-state index contributed by atoms with van der Waals surface area (Å²) < 4.78 is 15.8. The van der Waals surface area contributed by atoms with Gasteiger partial charge < -0.3 is 18.9 Å². The molecule has 1 aromatic heterocycles. The van der Waals surface area contributed by atoms with Gasteiger partial charge in [0.25, 0.3) is 5.91 Å². The van der Waals surface area contributed by atoms with Crippen LogP contribution in [0.2, 0.25) is 0 Å². The molecule has 3 aromatic rings. The Balaban J connectivity index is 1.66. The fourth-order valence-electron chi connectivity index (χ4n) is 3.22. The molecular formula is C20H18N2O4. The molecule has 4 rings (SSSR count). The highest BCUT2D eigenvalue weighted by Gasteiger charge is 2.27. The second-order valence-corrected chi connectivity index (χ2v) is 6.03. The van der Waals surface area contributed by atoms with E-state index in [0.29, 0.717) is 23.6 Å². The van der Waals surface area contributed by atoms with Gasteiger partial charge in [-0.25, -0.2) is 0 Å². The molecule has 0 saturated carbocycles. The van der Waals surface area contributed by atoms with E-state index < -0.39 is 0 Å². The molecule has 0 radical (unpaired) electrons. The van der Waals surface area contributed by atoms with Gasteiger partial charge >= 0.3 is 0 Å². The molecule has 0 aliphatic carbocycles. The van der Waals surface area contributed by atoms with Gasteiger partial charge in [0.1, 0.15) is 11.5 Å². The lowest BCUT2D eigenvalue weighted by molar-refractivity contribution is 0.0988. The number of benzene rings is 2. The van der Waals surface area contributed by atoms with Crippen molar-refractivity contribution < 1.29 is 18.8 Å². The zero-order valence-corrected chi connectivity index (χ0v) is 14.6. The Hall–Kier alpha value is -3.28. The second-order valence-electron chi connectivity index (χ2n) is 6.03. The summed E-state index contributed by atoms with van der Waals surface area (Å²) in [5.74, 6) is 1.82. The van der Waals surface area contributed by atoms with E-state index in [1.807, 2.05) is 18.2 Å². The number of carbonyl (C=O) groups is 1. The molecule has 1 aliphatic rings. The van der Waals surface area contributed by atoms with Gasteiger partial charge in [-0.05, 0) is 42.3 Å². The number of methoxy groups -OCH3 is 2. The molecule has 132 valence electrons. The lowest BCUT2D eigenvalue weighted by atomic mass is 10.1. The standard InChI is InChI=1S/C20H18N2O4/c1-24-16-10-15(11-17(12-16)25-2)20(23)22-8-6-13-9-14(3-4-18(13)22)19-5-7-21-26-19/h3-5,7,9-12H,6,8H2,1-2H3. The topological polar surface area (TPSA) is 64.8 Å². The zero-order valence-electron chi connectivity index (χ0n) is 14.6. The highest BCUT2D eigenvalue weighted by Crippen LogP contribution is 2.34. The summed E-state index contributed by atoms with van der Waals surface area (Å²) in [5, 5.41) is 3.74. The quantitative estimate of drug-likeness (QED) is 0.720. The molecule has 1 amide bonds. The van der Waals surface area contributed by atoms with Crippen LogP contribution in [0.1, 0.15) is 15.9 Å². The molecule has 0 saturated heterocycles. The Morgan fingerprint density at radius 2 is 1.85 bits per heavy atom. The van der Waals surface area contributed by atoms with E-state index in [1.165, 1.54) is 0 Å². The monoisotopic (exact) mass is 350 g/mol. The van der Waals surface area contributed by atoms with E-state index in [9.17, 15) is 4.79 Å². The van der Waals surface area contributed by atoms with Crippen LogP contribution in [-0.4, -0.2) is 31.8 Å². The summed E-state index contributed by atoms with van der Waals surface area (Å²) in [5.41, 5.74) is 3.52. The van der Waals surface area contributed by atoms with Crippen LogP contribution in [0.3, 0.4) is 0 Å². The smallest absolute Gasteiger partial charge is 0.258 e. The maximum absolute atomic E-state index is 13.0. The first-order valence-electron chi connectivity index (χ1n) is 8.28. The maximum Gasteiger partial charge on any atom is 0.258 e. The first-order chi connectivity index (χ1) is 12.7. The number of hydrogen-bond acceptors (Lipinski definition) is 5. The number of rotatable bonds is 4. The third-order valence-corrected chi connectivity index (χ3v) is 4.54. The van der Waals surface area contributed by atoms with Crippen LogP contribution in [0.4, 0.5) is 5.69 Å². The molecular weight excluding hydrogens is 332 g/mol. The van der Waals surface area contributed by atoms with Crippen LogP contribution in [0.25, 0.3) is 11.3 Å². The molecule has 6 heteroatoms. The molecule has 2 heterocycles. The highest BCUT2D eigenvalue weighted by molar-refractivity contribution is 6.07. The Morgan fingerprint density at radius 1 is 1.08 bits per heavy atom. The predicted octanol–water partition coefficient (Wildman–Crippen LogP) is 3.56. The van der Waals surface area contributed by atoms with Crippen molar-refractivity contribution in [2.45, 2.75) is 6.42 Å². The van der Waals surface area contributed by atoms with Crippen LogP contribution in [0, 0.1) is 0 Å². The Bertz CT molecular complexity index is 928. The fourth-order valence-corrected chi connectivity index (χ4v) is 3.22. The minimum Gasteiger partial charge on any atom is -0.497 e. The van der Waals surface area contributed by atoms with Gasteiger partial charge in [-0.1, -0.05) is 5.16 Å². The van der Waals surface area contributed by atoms with Gasteiger partial charge in [0, 0.05) is 35.5 Å². The molecule has 1 aliphatic heterocycles. The minimum atomic E-state index is -0.0756. The molecule has 26 heavy (non-hydrogen) atoms. The van der Waals surface area contributed by atoms with Crippen molar-refractivity contribution in [3.8, 4) is 22.8 Å². The lowest BCUT2D eigenvalue weighted by Gasteiger charge is -2.18. The molecule has 0 fully saturated rings. The van der Waals surface area contributed by atoms with E-state index in [-0.39, 0.29) is 5.91 Å². The summed E-state index contributed by atoms with van der Waals surface area (Å²) in [6.45, 7) is 0.632. The summed E-state index contributed by atoms with van der Waals surface area (Å²) >= 11 is 0. The summed E-state index contributed by atoms with van der Waals surface area (Å²) in [6.07, 6.45) is 2.42. The normalized spacial score (nSPS) is 12.8. The van der Waals surface area contributed by atoms with Crippen molar-refractivity contribution in [1.29, 1.82) is 0 Å². The van der Waals surface area contributed by atoms with Crippen LogP contribution in [0.15, 0.2) is 53.2 Å². The van der Waals surface area contributed by atoms with Crippen LogP contribution >= 0.6 is 0 Å². The van der Waals surface area contributed by atoms with Gasteiger partial charge in [-0.15, -0.1) is 0 Å². The van der Waals surface area contributed by atoms with Crippen LogP contribution in [-0.2, 0) is 6.42 Å². The first kappa shape index (κ1) is 16.2. The minimum absolute atomic E-state index is 0.0756. The largest absolute Gasteiger partial charge is 0.497 e. The Kier molecular flexibility index (Phi) is 4.08. The van der Waals surface area contributed by atoms with Crippen LogP contribution < -0.4 is 14.4 Å². The third kappa shape index (κ3) is 2.79. The number of aromatic nitrogens is 1. The van der Waals surface area contributed by atoms with Gasteiger partial charge in [-0.3, -0.25) is 4.79 Å². The third-order valence-electron chi connectivity index (χ3n) is 4.54. The van der Waals surface area contributed by atoms with Crippen LogP contribution in [0.5, 0.6) is 11.5 Å². The molecule has 0 spiro atoms. The molecule has 0 N–H and O–H groups in total. The SMILES string of the molecule is COc1cc(OC)cc(C(=O)N2CCc3cc(-c4ccno4)ccc32)c1. The second kappa shape index (κ2) is 6.55. The van der Waals surface area contributed by atoms with Crippen molar-refractivity contribution in [3.05, 3.63) is 59.8 Å². The maximum atomic E-state index is 13.0. The average molecular weight is 350 g/mol. The van der Waals surface area contributed by atoms with E-state index in [1.54, 1.807) is 43.5 Å². The summed E-state index contributed by atoms with van der Waals surface area (Å²) in [4.78, 5) is 14.8. The lowest BCUT2D eigenvalue weighted by Crippen LogP contribution is -2.28. The van der Waals surface area contributed by atoms with E-state index >= 15 is 0 Å². The number of anilines is 1. The number of hydrogen-bond donors (Lipinski definition) is 0. The molecule has 0 unspecified atom stereocenters.